The molecule has 1 aromatic carbocycles. The maximum absolute atomic E-state index is 12.2. The molecule has 6 nitrogen and oxygen atoms in total. The zero-order valence-electron chi connectivity index (χ0n) is 14.3. The lowest BCUT2D eigenvalue weighted by atomic mass is 9.98. The van der Waals surface area contributed by atoms with Crippen LogP contribution in [0.5, 0.6) is 0 Å². The van der Waals surface area contributed by atoms with Gasteiger partial charge in [0.1, 0.15) is 6.61 Å². The third-order valence-electron chi connectivity index (χ3n) is 4.29. The van der Waals surface area contributed by atoms with E-state index < -0.39 is 6.10 Å². The van der Waals surface area contributed by atoms with Crippen molar-refractivity contribution in [1.29, 1.82) is 0 Å². The second kappa shape index (κ2) is 9.61. The summed E-state index contributed by atoms with van der Waals surface area (Å²) < 4.78 is 5.40. The number of aliphatic hydroxyl groups excluding tert-OH is 2. The van der Waals surface area contributed by atoms with Crippen molar-refractivity contribution in [2.75, 3.05) is 39.8 Å². The molecule has 134 valence electrons. The third kappa shape index (κ3) is 6.11. The predicted molar refractivity (Wildman–Crippen MR) is 91.5 cm³/mol. The highest BCUT2D eigenvalue weighted by atomic mass is 16.6. The number of likely N-dealkylation sites (tertiary alicyclic amines) is 1. The van der Waals surface area contributed by atoms with Crippen LogP contribution in [0.15, 0.2) is 30.3 Å². The molecule has 0 spiro atoms. The van der Waals surface area contributed by atoms with Gasteiger partial charge in [0, 0.05) is 26.2 Å². The van der Waals surface area contributed by atoms with E-state index in [4.69, 9.17) is 9.84 Å². The first-order chi connectivity index (χ1) is 11.6. The summed E-state index contributed by atoms with van der Waals surface area (Å²) >= 11 is 0. The summed E-state index contributed by atoms with van der Waals surface area (Å²) in [6, 6.07) is 9.67. The summed E-state index contributed by atoms with van der Waals surface area (Å²) in [6.45, 7) is 2.70. The quantitative estimate of drug-likeness (QED) is 0.786. The number of ether oxygens (including phenoxy) is 1. The number of aliphatic hydroxyl groups is 2. The normalized spacial score (nSPS) is 19.3. The second-order valence-electron chi connectivity index (χ2n) is 6.55. The minimum absolute atomic E-state index is 0.229. The van der Waals surface area contributed by atoms with E-state index in [1.54, 1.807) is 4.90 Å². The molecule has 1 aliphatic heterocycles. The molecule has 1 fully saturated rings. The molecule has 0 aliphatic carbocycles. The van der Waals surface area contributed by atoms with E-state index in [1.165, 1.54) is 0 Å². The van der Waals surface area contributed by atoms with E-state index in [0.29, 0.717) is 25.6 Å². The third-order valence-corrected chi connectivity index (χ3v) is 4.29. The van der Waals surface area contributed by atoms with Gasteiger partial charge < -0.3 is 24.7 Å². The van der Waals surface area contributed by atoms with E-state index in [1.807, 2.05) is 42.3 Å². The van der Waals surface area contributed by atoms with Crippen LogP contribution in [-0.4, -0.2) is 72.0 Å². The lowest BCUT2D eigenvalue weighted by Gasteiger charge is -2.34. The van der Waals surface area contributed by atoms with Crippen LogP contribution in [0.1, 0.15) is 18.4 Å². The van der Waals surface area contributed by atoms with Gasteiger partial charge in [0.25, 0.3) is 0 Å². The summed E-state index contributed by atoms with van der Waals surface area (Å²) in [5.41, 5.74) is 0.983. The molecule has 1 aromatic rings. The Labute approximate surface area is 143 Å². The number of likely N-dealkylation sites (N-methyl/N-ethyl adjacent to an activating group) is 1. The van der Waals surface area contributed by atoms with Crippen LogP contribution < -0.4 is 0 Å². The van der Waals surface area contributed by atoms with Gasteiger partial charge in [0.05, 0.1) is 12.7 Å². The average Bonchev–Trinajstić information content (AvgIpc) is 2.60. The molecule has 2 rings (SSSR count). The first-order valence-electron chi connectivity index (χ1n) is 8.51. The maximum atomic E-state index is 12.2. The van der Waals surface area contributed by atoms with Gasteiger partial charge in [0.15, 0.2) is 0 Å². The van der Waals surface area contributed by atoms with Gasteiger partial charge in [-0.1, -0.05) is 30.3 Å². The average molecular weight is 336 g/mol. The topological polar surface area (TPSA) is 73.2 Å². The Hall–Kier alpha value is -1.63. The van der Waals surface area contributed by atoms with Gasteiger partial charge in [0.2, 0.25) is 0 Å². The number of hydrogen-bond acceptors (Lipinski definition) is 5. The summed E-state index contributed by atoms with van der Waals surface area (Å²) in [5.74, 6) is 0.360. The molecular weight excluding hydrogens is 308 g/mol. The molecule has 0 bridgehead atoms. The van der Waals surface area contributed by atoms with Gasteiger partial charge >= 0.3 is 6.09 Å². The Balaban J connectivity index is 1.76. The molecular formula is C18H28N2O4. The largest absolute Gasteiger partial charge is 0.445 e. The highest BCUT2D eigenvalue weighted by Crippen LogP contribution is 2.18. The lowest BCUT2D eigenvalue weighted by Crippen LogP contribution is -2.44. The molecule has 1 amide bonds. The molecule has 0 saturated carbocycles. The zero-order chi connectivity index (χ0) is 17.4. The fourth-order valence-corrected chi connectivity index (χ4v) is 3.12. The van der Waals surface area contributed by atoms with E-state index in [0.717, 1.165) is 31.5 Å². The van der Waals surface area contributed by atoms with Gasteiger partial charge in [-0.3, -0.25) is 0 Å². The molecule has 6 heteroatoms. The van der Waals surface area contributed by atoms with Crippen LogP contribution in [0.4, 0.5) is 4.79 Å². The summed E-state index contributed by atoms with van der Waals surface area (Å²) in [7, 11) is 1.92. The maximum Gasteiger partial charge on any atom is 0.410 e. The highest BCUT2D eigenvalue weighted by molar-refractivity contribution is 5.67. The smallest absolute Gasteiger partial charge is 0.410 e. The standard InChI is InChI=1S/C18H28N2O4/c1-19(12-17(22)13-21)10-16-8-5-9-20(11-16)18(23)24-14-15-6-3-2-4-7-15/h2-4,6-7,16-17,21-22H,5,8-14H2,1H3. The molecule has 2 N–H and O–H groups in total. The Morgan fingerprint density at radius 3 is 2.88 bits per heavy atom. The molecule has 0 radical (unpaired) electrons. The fourth-order valence-electron chi connectivity index (χ4n) is 3.12. The summed E-state index contributed by atoms with van der Waals surface area (Å²) in [5, 5.41) is 18.4. The van der Waals surface area contributed by atoms with Crippen LogP contribution in [0.2, 0.25) is 0 Å². The number of benzene rings is 1. The van der Waals surface area contributed by atoms with Crippen molar-refractivity contribution in [1.82, 2.24) is 9.80 Å². The van der Waals surface area contributed by atoms with Crippen molar-refractivity contribution in [3.63, 3.8) is 0 Å². The second-order valence-corrected chi connectivity index (χ2v) is 6.55. The van der Waals surface area contributed by atoms with Gasteiger partial charge in [-0.05, 0) is 31.4 Å². The number of amides is 1. The van der Waals surface area contributed by atoms with Crippen LogP contribution in [0.25, 0.3) is 0 Å². The highest BCUT2D eigenvalue weighted by Gasteiger charge is 2.25. The van der Waals surface area contributed by atoms with Crippen LogP contribution in [0, 0.1) is 5.92 Å². The SMILES string of the molecule is CN(CC(O)CO)CC1CCCN(C(=O)OCc2ccccc2)C1. The van der Waals surface area contributed by atoms with Crippen molar-refractivity contribution < 1.29 is 19.7 Å². The number of piperidine rings is 1. The first-order valence-corrected chi connectivity index (χ1v) is 8.51. The van der Waals surface area contributed by atoms with Crippen molar-refractivity contribution >= 4 is 6.09 Å². The van der Waals surface area contributed by atoms with Crippen molar-refractivity contribution in [2.45, 2.75) is 25.6 Å². The van der Waals surface area contributed by atoms with Crippen LogP contribution in [0.3, 0.4) is 0 Å². The predicted octanol–water partition coefficient (Wildman–Crippen LogP) is 1.32. The minimum Gasteiger partial charge on any atom is -0.445 e. The number of hydrogen-bond donors (Lipinski definition) is 2. The Morgan fingerprint density at radius 1 is 1.42 bits per heavy atom. The first kappa shape index (κ1) is 18.7. The monoisotopic (exact) mass is 336 g/mol. The summed E-state index contributed by atoms with van der Waals surface area (Å²) in [6.07, 6.45) is 1.04. The molecule has 1 heterocycles. The molecule has 0 aromatic heterocycles. The lowest BCUT2D eigenvalue weighted by molar-refractivity contribution is 0.0508. The number of rotatable bonds is 7. The fraction of sp³-hybridized carbons (Fsp3) is 0.611. The number of carbonyl (C=O) groups excluding carboxylic acids is 1. The van der Waals surface area contributed by atoms with E-state index in [-0.39, 0.29) is 12.7 Å². The van der Waals surface area contributed by atoms with Crippen molar-refractivity contribution in [3.8, 4) is 0 Å². The molecule has 1 saturated heterocycles. The van der Waals surface area contributed by atoms with Crippen molar-refractivity contribution in [3.05, 3.63) is 35.9 Å². The molecule has 1 aliphatic rings. The molecule has 24 heavy (non-hydrogen) atoms. The van der Waals surface area contributed by atoms with Gasteiger partial charge in [-0.2, -0.15) is 0 Å². The van der Waals surface area contributed by atoms with E-state index in [9.17, 15) is 9.90 Å². The zero-order valence-corrected chi connectivity index (χ0v) is 14.3. The summed E-state index contributed by atoms with van der Waals surface area (Å²) in [4.78, 5) is 16.0. The van der Waals surface area contributed by atoms with Crippen molar-refractivity contribution in [2.24, 2.45) is 5.92 Å². The Morgan fingerprint density at radius 2 is 2.17 bits per heavy atom. The number of nitrogens with zero attached hydrogens (tertiary/aromatic N) is 2. The van der Waals surface area contributed by atoms with Crippen LogP contribution >= 0.6 is 0 Å². The van der Waals surface area contributed by atoms with E-state index in [2.05, 4.69) is 0 Å². The Bertz CT molecular complexity index is 497. The number of carbonyl (C=O) groups is 1. The molecule has 2 atom stereocenters. The molecule has 2 unspecified atom stereocenters. The van der Waals surface area contributed by atoms with E-state index >= 15 is 0 Å². The van der Waals surface area contributed by atoms with Gasteiger partial charge in [-0.25, -0.2) is 4.79 Å². The van der Waals surface area contributed by atoms with Crippen LogP contribution in [-0.2, 0) is 11.3 Å². The Kier molecular flexibility index (Phi) is 7.49. The van der Waals surface area contributed by atoms with Gasteiger partial charge in [-0.15, -0.1) is 0 Å². The minimum atomic E-state index is -0.717.